The highest BCUT2D eigenvalue weighted by Gasteiger charge is 2.86. The first kappa shape index (κ1) is 33.1. The predicted molar refractivity (Wildman–Crippen MR) is 168 cm³/mol. The normalized spacial score (nSPS) is 57.1. The van der Waals surface area contributed by atoms with Crippen molar-refractivity contribution in [3.05, 3.63) is 11.6 Å². The summed E-state index contributed by atoms with van der Waals surface area (Å²) in [4.78, 5) is 11.7. The van der Waals surface area contributed by atoms with Crippen molar-refractivity contribution in [1.29, 1.82) is 0 Å². The molecule has 4 N–H and O–H groups in total. The van der Waals surface area contributed by atoms with Crippen LogP contribution in [0.1, 0.15) is 100 Å². The minimum Gasteiger partial charge on any atom is -0.457 e. The summed E-state index contributed by atoms with van der Waals surface area (Å²) in [6.07, 6.45) is 2.77. The SMILES string of the molecule is CC(=O)O[C@@H]1[C@@H](O)[C@H](O[C@H]2CC[C@]34C[C@]35CC[C@]3(C)[C@H]6[C@H](C)C[C@H]7O[C@@]6(O[C@H]7C(C)(C)O)[C@H](O)[C@@]3(C)C5=CCC4C2(C)C)OC[C@H]1O. The molecule has 0 amide bonds. The molecule has 10 heteroatoms. The summed E-state index contributed by atoms with van der Waals surface area (Å²) in [5.74, 6) is -1.07. The fourth-order valence-corrected chi connectivity index (χ4v) is 13.5. The molecule has 7 fully saturated rings. The van der Waals surface area contributed by atoms with Gasteiger partial charge in [0.2, 0.25) is 0 Å². The Morgan fingerprint density at radius 1 is 1.06 bits per heavy atom. The van der Waals surface area contributed by atoms with Gasteiger partial charge in [0, 0.05) is 18.3 Å². The van der Waals surface area contributed by atoms with Crippen molar-refractivity contribution in [2.45, 2.75) is 161 Å². The number of hydrogen-bond acceptors (Lipinski definition) is 10. The Labute approximate surface area is 278 Å². The minimum atomic E-state index is -1.29. The molecular formula is C37H56O10. The Hall–Kier alpha value is -1.11. The zero-order chi connectivity index (χ0) is 33.9. The summed E-state index contributed by atoms with van der Waals surface area (Å²) >= 11 is 0. The molecule has 3 heterocycles. The molecule has 2 bridgehead atoms. The van der Waals surface area contributed by atoms with Gasteiger partial charge >= 0.3 is 5.97 Å². The number of carbonyl (C=O) groups is 1. The molecule has 0 aromatic rings. The minimum absolute atomic E-state index is 0.000188. The van der Waals surface area contributed by atoms with Crippen molar-refractivity contribution < 1.29 is 48.9 Å². The van der Waals surface area contributed by atoms with E-state index in [1.165, 1.54) is 12.5 Å². The highest BCUT2D eigenvalue weighted by molar-refractivity contribution is 5.66. The molecule has 10 nitrogen and oxygen atoms in total. The van der Waals surface area contributed by atoms with Crippen LogP contribution >= 0.6 is 0 Å². The number of hydrogen-bond donors (Lipinski definition) is 4. The van der Waals surface area contributed by atoms with Crippen LogP contribution in [0.25, 0.3) is 0 Å². The second-order valence-corrected chi connectivity index (χ2v) is 18.4. The lowest BCUT2D eigenvalue weighted by Gasteiger charge is -2.60. The number of carbonyl (C=O) groups excluding carboxylic acids is 1. The van der Waals surface area contributed by atoms with Crippen molar-refractivity contribution in [3.63, 3.8) is 0 Å². The van der Waals surface area contributed by atoms with Crippen molar-refractivity contribution in [2.24, 2.45) is 44.8 Å². The molecule has 8 rings (SSSR count). The standard InChI is InChI=1S/C37H56O10/c1-18-15-21-28(32(5,6)42)47-37(46-21)27(18)33(7)13-14-36-17-35(36)12-11-24(45-29-25(40)26(44-19(2)38)20(39)16-43-29)31(3,4)22(35)9-10-23(36)34(33,8)30(37)41/h10,18,20-22,24-30,39-42H,9,11-17H2,1-8H3/t18-,20-,21-,22?,24+,25-,26+,27-,28-,29+,30-,33-,34-,35-,36+,37+/m1/s1. The molecule has 1 unspecified atom stereocenters. The summed E-state index contributed by atoms with van der Waals surface area (Å²) in [6, 6.07) is 0. The maximum Gasteiger partial charge on any atom is 0.303 e. The third kappa shape index (κ3) is 3.88. The number of rotatable bonds is 4. The van der Waals surface area contributed by atoms with Crippen molar-refractivity contribution in [2.75, 3.05) is 6.61 Å². The van der Waals surface area contributed by atoms with Gasteiger partial charge in [0.1, 0.15) is 24.4 Å². The molecule has 0 aromatic heterocycles. The van der Waals surface area contributed by atoms with Gasteiger partial charge in [-0.3, -0.25) is 4.79 Å². The number of fused-ring (bicyclic) bond motifs is 4. The average molecular weight is 661 g/mol. The second-order valence-electron chi connectivity index (χ2n) is 18.4. The number of allylic oxidation sites excluding steroid dienone is 1. The van der Waals surface area contributed by atoms with Gasteiger partial charge < -0.3 is 44.1 Å². The fraction of sp³-hybridized carbons (Fsp3) is 0.919. The van der Waals surface area contributed by atoms with E-state index in [-0.39, 0.29) is 52.3 Å². The van der Waals surface area contributed by atoms with Crippen molar-refractivity contribution in [1.82, 2.24) is 0 Å². The number of ether oxygens (including phenoxy) is 5. The van der Waals surface area contributed by atoms with Crippen molar-refractivity contribution >= 4 is 5.97 Å². The molecule has 8 aliphatic rings. The average Bonchev–Trinajstić information content (AvgIpc) is 3.49. The van der Waals surface area contributed by atoms with E-state index in [0.29, 0.717) is 5.92 Å². The Bertz CT molecular complexity index is 1370. The fourth-order valence-electron chi connectivity index (χ4n) is 13.5. The van der Waals surface area contributed by atoms with Gasteiger partial charge in [-0.2, -0.15) is 0 Å². The van der Waals surface area contributed by atoms with E-state index < -0.39 is 59.6 Å². The Balaban J connectivity index is 1.10. The molecule has 3 saturated heterocycles. The summed E-state index contributed by atoms with van der Waals surface area (Å²) < 4.78 is 31.2. The van der Waals surface area contributed by atoms with Crippen LogP contribution in [0.5, 0.6) is 0 Å². The number of aliphatic hydroxyl groups excluding tert-OH is 3. The third-order valence-corrected chi connectivity index (χ3v) is 15.5. The van der Waals surface area contributed by atoms with E-state index >= 15 is 0 Å². The van der Waals surface area contributed by atoms with Gasteiger partial charge in [0.25, 0.3) is 0 Å². The molecule has 264 valence electrons. The first-order valence-corrected chi connectivity index (χ1v) is 18.1. The predicted octanol–water partition coefficient (Wildman–Crippen LogP) is 3.61. The van der Waals surface area contributed by atoms with Crippen LogP contribution in [0.15, 0.2) is 11.6 Å². The summed E-state index contributed by atoms with van der Waals surface area (Å²) in [6.45, 7) is 16.2. The second kappa shape index (κ2) is 9.81. The highest BCUT2D eigenvalue weighted by Crippen LogP contribution is 2.89. The maximum absolute atomic E-state index is 12.7. The van der Waals surface area contributed by atoms with Gasteiger partial charge in [-0.05, 0) is 92.3 Å². The van der Waals surface area contributed by atoms with Gasteiger partial charge in [-0.25, -0.2) is 0 Å². The lowest BCUT2D eigenvalue weighted by Crippen LogP contribution is -2.59. The summed E-state index contributed by atoms with van der Waals surface area (Å²) in [5.41, 5.74) is -0.600. The van der Waals surface area contributed by atoms with Crippen LogP contribution in [0.2, 0.25) is 0 Å². The topological polar surface area (TPSA) is 144 Å². The van der Waals surface area contributed by atoms with Gasteiger partial charge in [0.15, 0.2) is 18.2 Å². The van der Waals surface area contributed by atoms with Gasteiger partial charge in [-0.15, -0.1) is 0 Å². The molecular weight excluding hydrogens is 604 g/mol. The van der Waals surface area contributed by atoms with E-state index in [9.17, 15) is 25.2 Å². The summed E-state index contributed by atoms with van der Waals surface area (Å²) in [7, 11) is 0. The largest absolute Gasteiger partial charge is 0.457 e. The maximum atomic E-state index is 12.7. The van der Waals surface area contributed by atoms with Crippen LogP contribution in [0.3, 0.4) is 0 Å². The monoisotopic (exact) mass is 660 g/mol. The Morgan fingerprint density at radius 2 is 1.79 bits per heavy atom. The van der Waals surface area contributed by atoms with Crippen LogP contribution < -0.4 is 0 Å². The molecule has 3 spiro atoms. The van der Waals surface area contributed by atoms with E-state index in [1.54, 1.807) is 13.8 Å². The van der Waals surface area contributed by atoms with Crippen LogP contribution in [0.4, 0.5) is 0 Å². The first-order valence-electron chi connectivity index (χ1n) is 18.1. The zero-order valence-corrected chi connectivity index (χ0v) is 29.3. The molecule has 5 aliphatic carbocycles. The highest BCUT2D eigenvalue weighted by atomic mass is 16.8. The van der Waals surface area contributed by atoms with Gasteiger partial charge in [-0.1, -0.05) is 46.3 Å². The number of aliphatic hydroxyl groups is 4. The molecule has 0 radical (unpaired) electrons. The number of esters is 1. The molecule has 0 aromatic carbocycles. The van der Waals surface area contributed by atoms with E-state index in [4.69, 9.17) is 23.7 Å². The van der Waals surface area contributed by atoms with Gasteiger partial charge in [0.05, 0.1) is 24.4 Å². The van der Waals surface area contributed by atoms with E-state index in [0.717, 1.165) is 44.9 Å². The van der Waals surface area contributed by atoms with Crippen LogP contribution in [0, 0.1) is 44.8 Å². The van der Waals surface area contributed by atoms with Crippen molar-refractivity contribution in [3.8, 4) is 0 Å². The Morgan fingerprint density at radius 3 is 2.47 bits per heavy atom. The van der Waals surface area contributed by atoms with Crippen LogP contribution in [-0.2, 0) is 28.5 Å². The van der Waals surface area contributed by atoms with E-state index in [2.05, 4.69) is 40.7 Å². The quantitative estimate of drug-likeness (QED) is 0.261. The lowest BCUT2D eigenvalue weighted by atomic mass is 9.44. The molecule has 3 aliphatic heterocycles. The summed E-state index contributed by atoms with van der Waals surface area (Å²) in [5, 5.41) is 45.1. The molecule has 16 atom stereocenters. The Kier molecular flexibility index (Phi) is 6.90. The van der Waals surface area contributed by atoms with Crippen LogP contribution in [-0.4, -0.2) is 93.4 Å². The molecule has 47 heavy (non-hydrogen) atoms. The van der Waals surface area contributed by atoms with E-state index in [1.807, 2.05) is 0 Å². The third-order valence-electron chi connectivity index (χ3n) is 15.5. The smallest absolute Gasteiger partial charge is 0.303 e. The first-order chi connectivity index (χ1) is 21.8. The molecule has 4 saturated carbocycles. The zero-order valence-electron chi connectivity index (χ0n) is 29.3. The lowest BCUT2D eigenvalue weighted by molar-refractivity contribution is -0.302.